The molecule has 1 aromatic heterocycles. The van der Waals surface area contributed by atoms with Crippen molar-refractivity contribution in [2.75, 3.05) is 11.9 Å². The van der Waals surface area contributed by atoms with Crippen LogP contribution in [0.1, 0.15) is 32.0 Å². The van der Waals surface area contributed by atoms with Gasteiger partial charge in [0.2, 0.25) is 5.78 Å². The van der Waals surface area contributed by atoms with Gasteiger partial charge in [0.05, 0.1) is 23.3 Å². The van der Waals surface area contributed by atoms with Crippen molar-refractivity contribution in [3.8, 4) is 0 Å². The number of ether oxygens (including phenoxy) is 1. The van der Waals surface area contributed by atoms with Crippen molar-refractivity contribution in [3.05, 3.63) is 93.4 Å². The number of Topliss-reactive ketones (excluding diaryl/α,β-unsaturated/α-hetero) is 1. The summed E-state index contributed by atoms with van der Waals surface area (Å²) in [5.41, 5.74) is 1.20. The van der Waals surface area contributed by atoms with Crippen molar-refractivity contribution in [3.63, 3.8) is 0 Å². The van der Waals surface area contributed by atoms with Crippen molar-refractivity contribution in [1.29, 1.82) is 0 Å². The van der Waals surface area contributed by atoms with Gasteiger partial charge < -0.3 is 14.5 Å². The summed E-state index contributed by atoms with van der Waals surface area (Å²) in [5, 5.41) is 14.1. The van der Waals surface area contributed by atoms with Crippen molar-refractivity contribution in [2.45, 2.75) is 13.5 Å². The van der Waals surface area contributed by atoms with Crippen LogP contribution in [0.2, 0.25) is 0 Å². The van der Waals surface area contributed by atoms with Crippen LogP contribution in [-0.2, 0) is 11.3 Å². The van der Waals surface area contributed by atoms with Gasteiger partial charge in [0.25, 0.3) is 5.69 Å². The highest BCUT2D eigenvalue weighted by Crippen LogP contribution is 2.20. The first-order valence-electron chi connectivity index (χ1n) is 8.76. The Balaban J connectivity index is 1.66. The fraction of sp³-hybridized carbons (Fsp3) is 0.143. The molecule has 8 heteroatoms. The van der Waals surface area contributed by atoms with Crippen LogP contribution in [0.5, 0.6) is 0 Å². The molecule has 0 bridgehead atoms. The molecule has 1 N–H and O–H groups in total. The van der Waals surface area contributed by atoms with Crippen LogP contribution in [0.4, 0.5) is 11.4 Å². The lowest BCUT2D eigenvalue weighted by atomic mass is 10.1. The van der Waals surface area contributed by atoms with E-state index in [1.54, 1.807) is 49.6 Å². The predicted octanol–water partition coefficient (Wildman–Crippen LogP) is 4.15. The molecule has 0 spiro atoms. The van der Waals surface area contributed by atoms with Crippen LogP contribution in [-0.4, -0.2) is 23.3 Å². The molecule has 0 unspecified atom stereocenters. The summed E-state index contributed by atoms with van der Waals surface area (Å²) in [5.74, 6) is -0.505. The van der Waals surface area contributed by atoms with E-state index in [1.165, 1.54) is 18.2 Å². The lowest BCUT2D eigenvalue weighted by molar-refractivity contribution is -0.385. The van der Waals surface area contributed by atoms with Gasteiger partial charge in [-0.05, 0) is 31.2 Å². The van der Waals surface area contributed by atoms with Gasteiger partial charge in [0.15, 0.2) is 6.61 Å². The van der Waals surface area contributed by atoms with Crippen LogP contribution >= 0.6 is 0 Å². The fourth-order valence-corrected chi connectivity index (χ4v) is 2.68. The van der Waals surface area contributed by atoms with Gasteiger partial charge in [0.1, 0.15) is 5.76 Å². The number of anilines is 1. The quantitative estimate of drug-likeness (QED) is 0.264. The molecule has 3 rings (SSSR count). The van der Waals surface area contributed by atoms with E-state index in [1.807, 2.05) is 0 Å². The number of nitrogens with zero attached hydrogens (tertiary/aromatic N) is 1. The minimum absolute atomic E-state index is 0.110. The zero-order valence-corrected chi connectivity index (χ0v) is 15.6. The summed E-state index contributed by atoms with van der Waals surface area (Å²) in [6.45, 7) is 1.44. The van der Waals surface area contributed by atoms with E-state index in [2.05, 4.69) is 5.32 Å². The first-order chi connectivity index (χ1) is 14.0. The predicted molar refractivity (Wildman–Crippen MR) is 105 cm³/mol. The third-order valence-corrected chi connectivity index (χ3v) is 4.24. The number of nitrogens with one attached hydrogen (secondary N) is 1. The number of rotatable bonds is 8. The minimum Gasteiger partial charge on any atom is -0.467 e. The van der Waals surface area contributed by atoms with E-state index in [0.717, 1.165) is 0 Å². The molecular weight excluding hydrogens is 376 g/mol. The Hall–Kier alpha value is -3.94. The number of carbonyl (C=O) groups excluding carboxylic acids is 2. The lowest BCUT2D eigenvalue weighted by Gasteiger charge is -2.11. The molecule has 29 heavy (non-hydrogen) atoms. The molecule has 0 fully saturated rings. The number of hydrogen-bond donors (Lipinski definition) is 1. The van der Waals surface area contributed by atoms with Crippen molar-refractivity contribution in [2.24, 2.45) is 0 Å². The van der Waals surface area contributed by atoms with Gasteiger partial charge in [-0.25, -0.2) is 4.79 Å². The van der Waals surface area contributed by atoms with Gasteiger partial charge in [-0.2, -0.15) is 0 Å². The Morgan fingerprint density at radius 3 is 2.66 bits per heavy atom. The van der Waals surface area contributed by atoms with Crippen LogP contribution in [0.25, 0.3) is 0 Å². The maximum atomic E-state index is 12.4. The topological polar surface area (TPSA) is 112 Å². The van der Waals surface area contributed by atoms with Crippen LogP contribution in [0, 0.1) is 17.0 Å². The highest BCUT2D eigenvalue weighted by Gasteiger charge is 2.18. The number of benzene rings is 2. The van der Waals surface area contributed by atoms with E-state index >= 15 is 0 Å². The average molecular weight is 394 g/mol. The van der Waals surface area contributed by atoms with Gasteiger partial charge in [-0.3, -0.25) is 14.9 Å². The number of ketones is 1. The fourth-order valence-electron chi connectivity index (χ4n) is 2.68. The summed E-state index contributed by atoms with van der Waals surface area (Å²) in [6.07, 6.45) is 1.55. The van der Waals surface area contributed by atoms with Crippen LogP contribution in [0.3, 0.4) is 0 Å². The Morgan fingerprint density at radius 1 is 1.14 bits per heavy atom. The summed E-state index contributed by atoms with van der Waals surface area (Å²) < 4.78 is 10.4. The number of furan rings is 1. The first kappa shape index (κ1) is 19.8. The summed E-state index contributed by atoms with van der Waals surface area (Å²) in [7, 11) is 0. The van der Waals surface area contributed by atoms with Crippen LogP contribution < -0.4 is 5.32 Å². The molecule has 0 atom stereocenters. The number of nitro benzene ring substituents is 1. The zero-order valence-electron chi connectivity index (χ0n) is 15.6. The molecule has 0 saturated heterocycles. The Bertz CT molecular complexity index is 1040. The molecule has 0 aliphatic heterocycles. The number of hydrogen-bond acceptors (Lipinski definition) is 7. The molecule has 0 aliphatic rings. The lowest BCUT2D eigenvalue weighted by Crippen LogP contribution is -2.16. The van der Waals surface area contributed by atoms with Crippen molar-refractivity contribution in [1.82, 2.24) is 0 Å². The van der Waals surface area contributed by atoms with E-state index in [9.17, 15) is 19.7 Å². The van der Waals surface area contributed by atoms with Crippen LogP contribution in [0.15, 0.2) is 65.3 Å². The largest absolute Gasteiger partial charge is 0.467 e. The standard InChI is InChI=1S/C21H18N2O6/c1-14-8-9-15(11-19(14)23(26)27)20(24)13-29-21(25)17-6-2-3-7-18(17)22-12-16-5-4-10-28-16/h2-11,22H,12-13H2,1H3. The SMILES string of the molecule is Cc1ccc(C(=O)COC(=O)c2ccccc2NCc2ccco2)cc1[N+](=O)[O-]. The molecule has 0 aliphatic carbocycles. The number of nitro groups is 1. The zero-order chi connectivity index (χ0) is 20.8. The summed E-state index contributed by atoms with van der Waals surface area (Å²) >= 11 is 0. The molecular formula is C21H18N2O6. The highest BCUT2D eigenvalue weighted by atomic mass is 16.6. The van der Waals surface area contributed by atoms with Gasteiger partial charge in [0, 0.05) is 22.9 Å². The highest BCUT2D eigenvalue weighted by molar-refractivity contribution is 6.01. The monoisotopic (exact) mass is 394 g/mol. The van der Waals surface area contributed by atoms with E-state index in [0.29, 0.717) is 23.6 Å². The smallest absolute Gasteiger partial charge is 0.340 e. The second kappa shape index (κ2) is 8.83. The maximum absolute atomic E-state index is 12.4. The Morgan fingerprint density at radius 2 is 1.93 bits per heavy atom. The van der Waals surface area contributed by atoms with Gasteiger partial charge in [-0.15, -0.1) is 0 Å². The molecule has 2 aromatic carbocycles. The molecule has 8 nitrogen and oxygen atoms in total. The molecule has 0 saturated carbocycles. The second-order valence-electron chi connectivity index (χ2n) is 6.24. The first-order valence-corrected chi connectivity index (χ1v) is 8.76. The van der Waals surface area contributed by atoms with Gasteiger partial charge >= 0.3 is 5.97 Å². The van der Waals surface area contributed by atoms with E-state index in [4.69, 9.17) is 9.15 Å². The molecule has 1 heterocycles. The number of carbonyl (C=O) groups is 2. The summed E-state index contributed by atoms with van der Waals surface area (Å²) in [6, 6.07) is 14.4. The second-order valence-corrected chi connectivity index (χ2v) is 6.24. The van der Waals surface area contributed by atoms with Crippen molar-refractivity contribution >= 4 is 23.1 Å². The number of aryl methyl sites for hydroxylation is 1. The maximum Gasteiger partial charge on any atom is 0.340 e. The third-order valence-electron chi connectivity index (χ3n) is 4.24. The molecule has 3 aromatic rings. The normalized spacial score (nSPS) is 10.4. The molecule has 148 valence electrons. The summed E-state index contributed by atoms with van der Waals surface area (Å²) in [4.78, 5) is 35.2. The average Bonchev–Trinajstić information content (AvgIpc) is 3.24. The molecule has 0 amide bonds. The van der Waals surface area contributed by atoms with Gasteiger partial charge in [-0.1, -0.05) is 24.3 Å². The van der Waals surface area contributed by atoms with E-state index in [-0.39, 0.29) is 16.8 Å². The number of para-hydroxylation sites is 1. The minimum atomic E-state index is -0.678. The van der Waals surface area contributed by atoms with Crippen molar-refractivity contribution < 1.29 is 23.7 Å². The van der Waals surface area contributed by atoms with E-state index < -0.39 is 23.3 Å². The third kappa shape index (κ3) is 4.86. The Kier molecular flexibility index (Phi) is 6.03. The molecule has 0 radical (unpaired) electrons. The Labute approximate surface area is 166 Å². The number of esters is 1.